The summed E-state index contributed by atoms with van der Waals surface area (Å²) in [5.74, 6) is 0.275. The van der Waals surface area contributed by atoms with Crippen molar-refractivity contribution in [2.24, 2.45) is 0 Å². The molecular weight excluding hydrogens is 387 g/mol. The van der Waals surface area contributed by atoms with Gasteiger partial charge in [0.2, 0.25) is 0 Å². The Labute approximate surface area is 167 Å². The fourth-order valence-electron chi connectivity index (χ4n) is 2.66. The van der Waals surface area contributed by atoms with Crippen LogP contribution in [-0.4, -0.2) is 29.5 Å². The summed E-state index contributed by atoms with van der Waals surface area (Å²) in [7, 11) is 1.61. The Morgan fingerprint density at radius 3 is 2.52 bits per heavy atom. The van der Waals surface area contributed by atoms with Crippen molar-refractivity contribution in [3.8, 4) is 17.0 Å². The van der Waals surface area contributed by atoms with Crippen LogP contribution in [0.3, 0.4) is 0 Å². The number of benzene rings is 2. The van der Waals surface area contributed by atoms with Crippen LogP contribution in [0.5, 0.6) is 5.75 Å². The van der Waals surface area contributed by atoms with Gasteiger partial charge in [0.1, 0.15) is 5.75 Å². The second-order valence-corrected chi connectivity index (χ2v) is 6.60. The first-order valence-electron chi connectivity index (χ1n) is 8.35. The van der Waals surface area contributed by atoms with Gasteiger partial charge in [0, 0.05) is 15.6 Å². The van der Waals surface area contributed by atoms with E-state index in [1.807, 2.05) is 24.3 Å². The Morgan fingerprint density at radius 2 is 1.85 bits per heavy atom. The van der Waals surface area contributed by atoms with E-state index in [1.54, 1.807) is 43.0 Å². The normalized spacial score (nSPS) is 10.7. The Morgan fingerprint density at radius 1 is 1.11 bits per heavy atom. The SMILES string of the molecule is CCOC(=O)c1cc(-c2ccc(OC)cc2)n(Cc2cc(Cl)ccc2Cl)n1. The average Bonchev–Trinajstić information content (AvgIpc) is 3.09. The molecule has 7 heteroatoms. The van der Waals surface area contributed by atoms with Crippen LogP contribution < -0.4 is 4.74 Å². The molecule has 3 aromatic rings. The van der Waals surface area contributed by atoms with Crippen molar-refractivity contribution in [1.82, 2.24) is 9.78 Å². The molecule has 1 heterocycles. The number of aromatic nitrogens is 2. The van der Waals surface area contributed by atoms with Gasteiger partial charge in [-0.25, -0.2) is 4.79 Å². The number of ether oxygens (including phenoxy) is 2. The van der Waals surface area contributed by atoms with Crippen molar-refractivity contribution >= 4 is 29.2 Å². The lowest BCUT2D eigenvalue weighted by Gasteiger charge is -2.10. The monoisotopic (exact) mass is 404 g/mol. The number of hydrogen-bond donors (Lipinski definition) is 0. The molecule has 0 N–H and O–H groups in total. The lowest BCUT2D eigenvalue weighted by atomic mass is 10.1. The Kier molecular flexibility index (Phi) is 6.04. The molecule has 5 nitrogen and oxygen atoms in total. The molecule has 27 heavy (non-hydrogen) atoms. The number of nitrogens with zero attached hydrogens (tertiary/aromatic N) is 2. The second kappa shape index (κ2) is 8.46. The molecule has 140 valence electrons. The predicted molar refractivity (Wildman–Crippen MR) is 106 cm³/mol. The van der Waals surface area contributed by atoms with Crippen LogP contribution in [-0.2, 0) is 11.3 Å². The molecule has 2 aromatic carbocycles. The third-order valence-corrected chi connectivity index (χ3v) is 4.58. The third-order valence-electron chi connectivity index (χ3n) is 3.98. The zero-order chi connectivity index (χ0) is 19.4. The van der Waals surface area contributed by atoms with E-state index < -0.39 is 5.97 Å². The predicted octanol–water partition coefficient (Wildman–Crippen LogP) is 5.09. The number of carbonyl (C=O) groups is 1. The summed E-state index contributed by atoms with van der Waals surface area (Å²) in [4.78, 5) is 12.2. The summed E-state index contributed by atoms with van der Waals surface area (Å²) >= 11 is 12.4. The standard InChI is InChI=1S/C20H18Cl2N2O3/c1-3-27-20(25)18-11-19(13-4-7-16(26-2)8-5-13)24(23-18)12-14-10-15(21)6-9-17(14)22/h4-11H,3,12H2,1-2H3. The smallest absolute Gasteiger partial charge is 0.358 e. The van der Waals surface area contributed by atoms with Gasteiger partial charge in [-0.1, -0.05) is 23.2 Å². The number of hydrogen-bond acceptors (Lipinski definition) is 4. The first-order chi connectivity index (χ1) is 13.0. The van der Waals surface area contributed by atoms with Gasteiger partial charge in [-0.15, -0.1) is 0 Å². The zero-order valence-corrected chi connectivity index (χ0v) is 16.4. The highest BCUT2D eigenvalue weighted by Crippen LogP contribution is 2.27. The van der Waals surface area contributed by atoms with Crippen molar-refractivity contribution < 1.29 is 14.3 Å². The highest BCUT2D eigenvalue weighted by Gasteiger charge is 2.17. The molecule has 1 aromatic heterocycles. The Hall–Kier alpha value is -2.50. The molecule has 0 aliphatic heterocycles. The van der Waals surface area contributed by atoms with Crippen LogP contribution in [0.25, 0.3) is 11.3 Å². The fraction of sp³-hybridized carbons (Fsp3) is 0.200. The lowest BCUT2D eigenvalue weighted by molar-refractivity contribution is 0.0518. The van der Waals surface area contributed by atoms with Crippen LogP contribution in [0.15, 0.2) is 48.5 Å². The first-order valence-corrected chi connectivity index (χ1v) is 9.10. The van der Waals surface area contributed by atoms with Gasteiger partial charge in [-0.3, -0.25) is 4.68 Å². The highest BCUT2D eigenvalue weighted by atomic mass is 35.5. The summed E-state index contributed by atoms with van der Waals surface area (Å²) in [6.45, 7) is 2.40. The van der Waals surface area contributed by atoms with Gasteiger partial charge in [-0.05, 0) is 61.0 Å². The summed E-state index contributed by atoms with van der Waals surface area (Å²) in [6, 6.07) is 14.5. The van der Waals surface area contributed by atoms with E-state index >= 15 is 0 Å². The van der Waals surface area contributed by atoms with Crippen molar-refractivity contribution in [2.45, 2.75) is 13.5 Å². The molecule has 0 radical (unpaired) electrons. The van der Waals surface area contributed by atoms with Crippen LogP contribution in [0.1, 0.15) is 23.0 Å². The number of esters is 1. The molecule has 0 atom stereocenters. The van der Waals surface area contributed by atoms with Gasteiger partial charge in [0.25, 0.3) is 0 Å². The van der Waals surface area contributed by atoms with E-state index in [9.17, 15) is 4.79 Å². The number of rotatable bonds is 6. The minimum Gasteiger partial charge on any atom is -0.497 e. The molecule has 0 aliphatic rings. The zero-order valence-electron chi connectivity index (χ0n) is 14.9. The van der Waals surface area contributed by atoms with Crippen LogP contribution >= 0.6 is 23.2 Å². The molecule has 0 saturated carbocycles. The quantitative estimate of drug-likeness (QED) is 0.536. The molecule has 0 aliphatic carbocycles. The molecule has 0 bridgehead atoms. The summed E-state index contributed by atoms with van der Waals surface area (Å²) in [6.07, 6.45) is 0. The van der Waals surface area contributed by atoms with Gasteiger partial charge >= 0.3 is 5.97 Å². The van der Waals surface area contributed by atoms with E-state index in [4.69, 9.17) is 32.7 Å². The van der Waals surface area contributed by atoms with E-state index in [0.29, 0.717) is 16.6 Å². The summed E-state index contributed by atoms with van der Waals surface area (Å²) < 4.78 is 12.0. The Balaban J connectivity index is 2.04. The second-order valence-electron chi connectivity index (χ2n) is 5.76. The van der Waals surface area contributed by atoms with Crippen molar-refractivity contribution in [2.75, 3.05) is 13.7 Å². The number of carbonyl (C=O) groups excluding carboxylic acids is 1. The molecule has 0 amide bonds. The highest BCUT2D eigenvalue weighted by molar-refractivity contribution is 6.33. The van der Waals surface area contributed by atoms with Crippen LogP contribution in [0, 0.1) is 0 Å². The third kappa shape index (κ3) is 4.43. The summed E-state index contributed by atoms with van der Waals surface area (Å²) in [5, 5.41) is 5.58. The maximum Gasteiger partial charge on any atom is 0.358 e. The average molecular weight is 405 g/mol. The van der Waals surface area contributed by atoms with Crippen LogP contribution in [0.4, 0.5) is 0 Å². The van der Waals surface area contributed by atoms with Gasteiger partial charge in [0.15, 0.2) is 5.69 Å². The summed E-state index contributed by atoms with van der Waals surface area (Å²) in [5.41, 5.74) is 2.69. The van der Waals surface area contributed by atoms with Gasteiger partial charge in [-0.2, -0.15) is 5.10 Å². The number of methoxy groups -OCH3 is 1. The molecule has 0 unspecified atom stereocenters. The van der Waals surface area contributed by atoms with Gasteiger partial charge < -0.3 is 9.47 Å². The minimum atomic E-state index is -0.469. The van der Waals surface area contributed by atoms with Crippen molar-refractivity contribution in [3.05, 3.63) is 69.8 Å². The maximum atomic E-state index is 12.2. The van der Waals surface area contributed by atoms with Crippen molar-refractivity contribution in [3.63, 3.8) is 0 Å². The maximum absolute atomic E-state index is 12.2. The Bertz CT molecular complexity index is 952. The molecule has 0 saturated heterocycles. The van der Waals surface area contributed by atoms with Crippen LogP contribution in [0.2, 0.25) is 10.0 Å². The van der Waals surface area contributed by atoms with E-state index in [-0.39, 0.29) is 12.3 Å². The fourth-order valence-corrected chi connectivity index (χ4v) is 3.03. The molecule has 3 rings (SSSR count). The topological polar surface area (TPSA) is 53.4 Å². The van der Waals surface area contributed by atoms with E-state index in [0.717, 1.165) is 22.6 Å². The van der Waals surface area contributed by atoms with Crippen molar-refractivity contribution in [1.29, 1.82) is 0 Å². The lowest BCUT2D eigenvalue weighted by Crippen LogP contribution is -2.08. The molecule has 0 fully saturated rings. The molecular formula is C20H18Cl2N2O3. The molecule has 0 spiro atoms. The van der Waals surface area contributed by atoms with Gasteiger partial charge in [0.05, 0.1) is 26.0 Å². The number of halogens is 2. The largest absolute Gasteiger partial charge is 0.497 e. The van der Waals surface area contributed by atoms with E-state index in [1.165, 1.54) is 0 Å². The van der Waals surface area contributed by atoms with E-state index in [2.05, 4.69) is 5.10 Å². The first kappa shape index (κ1) is 19.3. The minimum absolute atomic E-state index is 0.237.